The lowest BCUT2D eigenvalue weighted by Crippen LogP contribution is -2.19. The second-order valence-corrected chi connectivity index (χ2v) is 8.32. The van der Waals surface area contributed by atoms with E-state index < -0.39 is 0 Å². The summed E-state index contributed by atoms with van der Waals surface area (Å²) in [6.45, 7) is 1.96. The molecule has 2 amide bonds. The molecule has 1 heterocycles. The number of amides is 2. The van der Waals surface area contributed by atoms with Crippen LogP contribution in [-0.4, -0.2) is 32.3 Å². The van der Waals surface area contributed by atoms with Gasteiger partial charge in [0.15, 0.2) is 5.16 Å². The van der Waals surface area contributed by atoms with Crippen LogP contribution >= 0.6 is 11.8 Å². The van der Waals surface area contributed by atoms with Crippen LogP contribution in [0.4, 0.5) is 11.4 Å². The molecule has 30 heavy (non-hydrogen) atoms. The van der Waals surface area contributed by atoms with E-state index in [1.807, 2.05) is 42.8 Å². The molecule has 0 saturated heterocycles. The Labute approximate surface area is 179 Å². The second-order valence-electron chi connectivity index (χ2n) is 7.38. The van der Waals surface area contributed by atoms with E-state index in [-0.39, 0.29) is 17.6 Å². The zero-order valence-corrected chi connectivity index (χ0v) is 17.7. The van der Waals surface area contributed by atoms with Crippen molar-refractivity contribution in [2.45, 2.75) is 30.8 Å². The average Bonchev–Trinajstić information content (AvgIpc) is 3.50. The van der Waals surface area contributed by atoms with Crippen molar-refractivity contribution in [3.63, 3.8) is 0 Å². The third-order valence-electron chi connectivity index (χ3n) is 4.87. The van der Waals surface area contributed by atoms with Crippen LogP contribution < -0.4 is 10.6 Å². The van der Waals surface area contributed by atoms with E-state index in [1.54, 1.807) is 24.3 Å². The van der Waals surface area contributed by atoms with Gasteiger partial charge in [0, 0.05) is 18.7 Å². The Morgan fingerprint density at radius 1 is 1.10 bits per heavy atom. The van der Waals surface area contributed by atoms with Crippen LogP contribution in [0.5, 0.6) is 0 Å². The number of nitrogens with zero attached hydrogens (tertiary/aromatic N) is 3. The van der Waals surface area contributed by atoms with Crippen LogP contribution in [-0.2, 0) is 11.8 Å². The molecule has 1 aliphatic rings. The Morgan fingerprint density at radius 3 is 2.67 bits per heavy atom. The van der Waals surface area contributed by atoms with Crippen molar-refractivity contribution >= 4 is 35.0 Å². The van der Waals surface area contributed by atoms with E-state index in [1.165, 1.54) is 11.8 Å². The molecule has 7 nitrogen and oxygen atoms in total. The highest BCUT2D eigenvalue weighted by molar-refractivity contribution is 7.99. The molecule has 1 fully saturated rings. The Bertz CT molecular complexity index is 1090. The number of para-hydroxylation sites is 1. The van der Waals surface area contributed by atoms with E-state index in [4.69, 9.17) is 0 Å². The van der Waals surface area contributed by atoms with Gasteiger partial charge in [0.05, 0.1) is 17.0 Å². The summed E-state index contributed by atoms with van der Waals surface area (Å²) in [7, 11) is 1.93. The minimum atomic E-state index is -0.272. The summed E-state index contributed by atoms with van der Waals surface area (Å²) in [5, 5.41) is 14.9. The molecule has 2 aromatic carbocycles. The Hall–Kier alpha value is -3.13. The number of hydrogen-bond acceptors (Lipinski definition) is 5. The summed E-state index contributed by atoms with van der Waals surface area (Å²) < 4.78 is 1.96. The molecule has 1 saturated carbocycles. The molecule has 3 aromatic rings. The molecular weight excluding hydrogens is 398 g/mol. The molecular formula is C22H23N5O2S. The zero-order chi connectivity index (χ0) is 21.1. The summed E-state index contributed by atoms with van der Waals surface area (Å²) in [6, 6.07) is 14.6. The van der Waals surface area contributed by atoms with Crippen LogP contribution in [0.3, 0.4) is 0 Å². The third kappa shape index (κ3) is 4.71. The van der Waals surface area contributed by atoms with Crippen LogP contribution in [0.15, 0.2) is 53.7 Å². The Balaban J connectivity index is 1.39. The second kappa shape index (κ2) is 8.71. The monoisotopic (exact) mass is 421 g/mol. The van der Waals surface area contributed by atoms with Crippen molar-refractivity contribution < 1.29 is 9.59 Å². The number of carbonyl (C=O) groups is 2. The smallest absolute Gasteiger partial charge is 0.257 e. The van der Waals surface area contributed by atoms with Gasteiger partial charge in [-0.25, -0.2) is 0 Å². The fraction of sp³-hybridized carbons (Fsp3) is 0.273. The van der Waals surface area contributed by atoms with Gasteiger partial charge in [0.1, 0.15) is 5.82 Å². The van der Waals surface area contributed by atoms with Crippen LogP contribution in [0.2, 0.25) is 0 Å². The van der Waals surface area contributed by atoms with Gasteiger partial charge in [-0.3, -0.25) is 9.59 Å². The number of benzene rings is 2. The topological polar surface area (TPSA) is 88.9 Å². The van der Waals surface area contributed by atoms with Crippen molar-refractivity contribution in [1.82, 2.24) is 14.8 Å². The van der Waals surface area contributed by atoms with Crippen molar-refractivity contribution in [1.29, 1.82) is 0 Å². The van der Waals surface area contributed by atoms with Gasteiger partial charge in [-0.05, 0) is 49.6 Å². The summed E-state index contributed by atoms with van der Waals surface area (Å²) in [6.07, 6.45) is 2.30. The Kier molecular flexibility index (Phi) is 5.85. The van der Waals surface area contributed by atoms with Crippen LogP contribution in [0, 0.1) is 6.92 Å². The number of rotatable bonds is 7. The molecule has 0 atom stereocenters. The van der Waals surface area contributed by atoms with Gasteiger partial charge in [-0.1, -0.05) is 36.0 Å². The molecule has 154 valence electrons. The minimum absolute atomic E-state index is 0.185. The number of hydrogen-bond donors (Lipinski definition) is 2. The first-order valence-corrected chi connectivity index (χ1v) is 10.8. The summed E-state index contributed by atoms with van der Waals surface area (Å²) >= 11 is 1.34. The van der Waals surface area contributed by atoms with E-state index in [0.29, 0.717) is 22.9 Å². The molecule has 0 unspecified atom stereocenters. The molecule has 4 rings (SSSR count). The van der Waals surface area contributed by atoms with E-state index in [9.17, 15) is 9.59 Å². The fourth-order valence-electron chi connectivity index (χ4n) is 3.18. The summed E-state index contributed by atoms with van der Waals surface area (Å²) in [5.41, 5.74) is 2.65. The zero-order valence-electron chi connectivity index (χ0n) is 16.9. The van der Waals surface area contributed by atoms with E-state index in [0.717, 1.165) is 29.4 Å². The molecule has 0 bridgehead atoms. The lowest BCUT2D eigenvalue weighted by atomic mass is 10.1. The summed E-state index contributed by atoms with van der Waals surface area (Å²) in [4.78, 5) is 25.2. The van der Waals surface area contributed by atoms with Gasteiger partial charge in [0.2, 0.25) is 5.91 Å². The number of thioether (sulfide) groups is 1. The van der Waals surface area contributed by atoms with Gasteiger partial charge in [-0.2, -0.15) is 0 Å². The maximum Gasteiger partial charge on any atom is 0.257 e. The lowest BCUT2D eigenvalue weighted by molar-refractivity contribution is -0.113. The van der Waals surface area contributed by atoms with Crippen LogP contribution in [0.25, 0.3) is 0 Å². The fourth-order valence-corrected chi connectivity index (χ4v) is 3.89. The Morgan fingerprint density at radius 2 is 1.90 bits per heavy atom. The normalized spacial score (nSPS) is 13.1. The number of aromatic nitrogens is 3. The van der Waals surface area contributed by atoms with E-state index >= 15 is 0 Å². The van der Waals surface area contributed by atoms with Crippen molar-refractivity contribution in [3.05, 3.63) is 65.5 Å². The van der Waals surface area contributed by atoms with Gasteiger partial charge in [-0.15, -0.1) is 10.2 Å². The molecule has 8 heteroatoms. The predicted molar refractivity (Wildman–Crippen MR) is 118 cm³/mol. The highest BCUT2D eigenvalue weighted by Crippen LogP contribution is 2.39. The number of nitrogens with one attached hydrogen (secondary N) is 2. The predicted octanol–water partition coefficient (Wildman–Crippen LogP) is 3.98. The SMILES string of the molecule is Cc1cccc(NC(=O)c2ccccc2NC(=O)CSc2nnc(C3CC3)n2C)c1. The third-order valence-corrected chi connectivity index (χ3v) is 5.89. The first kappa shape index (κ1) is 20.2. The maximum absolute atomic E-state index is 12.7. The van der Waals surface area contributed by atoms with Crippen molar-refractivity contribution in [2.75, 3.05) is 16.4 Å². The molecule has 0 radical (unpaired) electrons. The number of anilines is 2. The molecule has 0 aliphatic heterocycles. The largest absolute Gasteiger partial charge is 0.325 e. The quantitative estimate of drug-likeness (QED) is 0.563. The van der Waals surface area contributed by atoms with Gasteiger partial charge >= 0.3 is 0 Å². The molecule has 1 aliphatic carbocycles. The van der Waals surface area contributed by atoms with Gasteiger partial charge in [0.25, 0.3) is 5.91 Å². The minimum Gasteiger partial charge on any atom is -0.325 e. The highest BCUT2D eigenvalue weighted by Gasteiger charge is 2.29. The standard InChI is InChI=1S/C22H23N5O2S/c1-14-6-5-7-16(12-14)23-21(29)17-8-3-4-9-18(17)24-19(28)13-30-22-26-25-20(27(22)2)15-10-11-15/h3-9,12,15H,10-11,13H2,1-2H3,(H,23,29)(H,24,28). The lowest BCUT2D eigenvalue weighted by Gasteiger charge is -2.12. The first-order chi connectivity index (χ1) is 14.5. The average molecular weight is 422 g/mol. The van der Waals surface area contributed by atoms with Crippen molar-refractivity contribution in [3.8, 4) is 0 Å². The first-order valence-electron chi connectivity index (χ1n) is 9.80. The maximum atomic E-state index is 12.7. The van der Waals surface area contributed by atoms with Gasteiger partial charge < -0.3 is 15.2 Å². The van der Waals surface area contributed by atoms with Crippen molar-refractivity contribution in [2.24, 2.45) is 7.05 Å². The van der Waals surface area contributed by atoms with Crippen LogP contribution in [0.1, 0.15) is 40.5 Å². The molecule has 2 N–H and O–H groups in total. The molecule has 1 aromatic heterocycles. The summed E-state index contributed by atoms with van der Waals surface area (Å²) in [5.74, 6) is 1.20. The highest BCUT2D eigenvalue weighted by atomic mass is 32.2. The molecule has 0 spiro atoms. The number of aryl methyl sites for hydroxylation is 1. The van der Waals surface area contributed by atoms with E-state index in [2.05, 4.69) is 20.8 Å². The number of carbonyl (C=O) groups excluding carboxylic acids is 2.